The van der Waals surface area contributed by atoms with Crippen molar-refractivity contribution in [2.24, 2.45) is 0 Å². The summed E-state index contributed by atoms with van der Waals surface area (Å²) in [6.45, 7) is 3.77. The van der Waals surface area contributed by atoms with Crippen LogP contribution in [0.3, 0.4) is 0 Å². The SMILES string of the molecule is CCOC(=O)N(c1ccccc1)c1c(C)noc1-c1ccc(-c2ccc(CC(=O)[O-])cc2)cc1.[Na+]. The summed E-state index contributed by atoms with van der Waals surface area (Å²) in [5, 5.41) is 14.9. The average molecular weight is 478 g/mol. The molecular weight excluding hydrogens is 455 g/mol. The molecule has 0 atom stereocenters. The molecule has 0 aliphatic carbocycles. The monoisotopic (exact) mass is 478 g/mol. The van der Waals surface area contributed by atoms with E-state index in [1.54, 1.807) is 26.0 Å². The van der Waals surface area contributed by atoms with Gasteiger partial charge in [-0.2, -0.15) is 0 Å². The summed E-state index contributed by atoms with van der Waals surface area (Å²) in [5.41, 5.74) is 5.04. The van der Waals surface area contributed by atoms with Gasteiger partial charge in [-0.1, -0.05) is 71.9 Å². The molecule has 1 amide bonds. The van der Waals surface area contributed by atoms with Crippen LogP contribution >= 0.6 is 0 Å². The normalized spacial score (nSPS) is 10.3. The number of ether oxygens (including phenoxy) is 1. The first-order chi connectivity index (χ1) is 16.5. The van der Waals surface area contributed by atoms with Gasteiger partial charge < -0.3 is 19.2 Å². The fourth-order valence-electron chi connectivity index (χ4n) is 3.70. The third-order valence-corrected chi connectivity index (χ3v) is 5.30. The third kappa shape index (κ3) is 6.00. The number of benzene rings is 3. The van der Waals surface area contributed by atoms with Gasteiger partial charge in [-0.15, -0.1) is 0 Å². The number of amides is 1. The number of nitrogens with zero attached hydrogens (tertiary/aromatic N) is 2. The van der Waals surface area contributed by atoms with E-state index < -0.39 is 12.1 Å². The zero-order valence-electron chi connectivity index (χ0n) is 19.9. The summed E-state index contributed by atoms with van der Waals surface area (Å²) in [5.74, 6) is -0.659. The molecule has 1 aromatic heterocycles. The van der Waals surface area contributed by atoms with Gasteiger partial charge in [-0.25, -0.2) is 9.69 Å². The first-order valence-electron chi connectivity index (χ1n) is 10.9. The smallest absolute Gasteiger partial charge is 0.550 e. The molecule has 0 aliphatic rings. The van der Waals surface area contributed by atoms with Gasteiger partial charge >= 0.3 is 35.7 Å². The number of carbonyl (C=O) groups excluding carboxylic acids is 2. The molecule has 0 spiro atoms. The van der Waals surface area contributed by atoms with E-state index in [9.17, 15) is 14.7 Å². The number of anilines is 2. The van der Waals surface area contributed by atoms with Gasteiger partial charge in [0.05, 0.1) is 12.3 Å². The second-order valence-corrected chi connectivity index (χ2v) is 7.64. The van der Waals surface area contributed by atoms with E-state index in [-0.39, 0.29) is 42.6 Å². The summed E-state index contributed by atoms with van der Waals surface area (Å²) in [7, 11) is 0. The minimum absolute atomic E-state index is 0. The Balaban J connectivity index is 0.00000342. The predicted octanol–water partition coefficient (Wildman–Crippen LogP) is 1.91. The molecule has 0 fully saturated rings. The minimum atomic E-state index is -1.11. The van der Waals surface area contributed by atoms with Crippen molar-refractivity contribution in [2.75, 3.05) is 11.5 Å². The Bertz CT molecular complexity index is 1290. The van der Waals surface area contributed by atoms with Crippen molar-refractivity contribution in [3.63, 3.8) is 0 Å². The summed E-state index contributed by atoms with van der Waals surface area (Å²) >= 11 is 0. The Morgan fingerprint density at radius 2 is 1.49 bits per heavy atom. The molecule has 0 radical (unpaired) electrons. The third-order valence-electron chi connectivity index (χ3n) is 5.30. The molecule has 0 saturated carbocycles. The van der Waals surface area contributed by atoms with Gasteiger partial charge in [0.15, 0.2) is 5.76 Å². The van der Waals surface area contributed by atoms with Crippen LogP contribution in [0.2, 0.25) is 0 Å². The first-order valence-corrected chi connectivity index (χ1v) is 10.9. The number of aryl methyl sites for hydroxylation is 1. The van der Waals surface area contributed by atoms with Crippen LogP contribution < -0.4 is 39.6 Å². The largest absolute Gasteiger partial charge is 1.00 e. The molecule has 4 aromatic rings. The minimum Gasteiger partial charge on any atom is -0.550 e. The molecule has 3 aromatic carbocycles. The molecule has 35 heavy (non-hydrogen) atoms. The van der Waals surface area contributed by atoms with Crippen LogP contribution in [-0.2, 0) is 16.0 Å². The van der Waals surface area contributed by atoms with Crippen LogP contribution in [0.5, 0.6) is 0 Å². The molecule has 0 N–H and O–H groups in total. The molecule has 0 saturated heterocycles. The Hall–Kier alpha value is -3.39. The standard InChI is InChI=1S/C27H24N2O5.Na/c1-3-33-27(32)29(23-7-5-4-6-8-23)25-18(2)28-34-26(25)22-15-13-21(14-16-22)20-11-9-19(10-12-20)17-24(30)31;/h4-16H,3,17H2,1-2H3,(H,30,31);/q;+1/p-1. The van der Waals surface area contributed by atoms with E-state index in [2.05, 4.69) is 5.16 Å². The molecule has 0 bridgehead atoms. The Morgan fingerprint density at radius 3 is 2.06 bits per heavy atom. The Kier molecular flexibility index (Phi) is 8.87. The van der Waals surface area contributed by atoms with Gasteiger partial charge in [0.1, 0.15) is 11.4 Å². The van der Waals surface area contributed by atoms with Crippen LogP contribution in [0.1, 0.15) is 18.2 Å². The van der Waals surface area contributed by atoms with Crippen LogP contribution in [0, 0.1) is 6.92 Å². The summed E-state index contributed by atoms with van der Waals surface area (Å²) in [6.07, 6.45) is -0.639. The van der Waals surface area contributed by atoms with Gasteiger partial charge in [-0.05, 0) is 42.7 Å². The maximum absolute atomic E-state index is 12.9. The zero-order valence-corrected chi connectivity index (χ0v) is 21.9. The van der Waals surface area contributed by atoms with E-state index in [0.29, 0.717) is 28.4 Å². The van der Waals surface area contributed by atoms with Crippen molar-refractivity contribution < 1.29 is 53.5 Å². The second-order valence-electron chi connectivity index (χ2n) is 7.64. The van der Waals surface area contributed by atoms with Crippen molar-refractivity contribution in [2.45, 2.75) is 20.3 Å². The molecule has 172 valence electrons. The number of aliphatic carboxylic acids is 1. The van der Waals surface area contributed by atoms with E-state index in [1.165, 1.54) is 4.90 Å². The van der Waals surface area contributed by atoms with Gasteiger partial charge in [-0.3, -0.25) is 0 Å². The van der Waals surface area contributed by atoms with Crippen LogP contribution in [0.25, 0.3) is 22.5 Å². The van der Waals surface area contributed by atoms with Crippen molar-refractivity contribution in [1.82, 2.24) is 5.16 Å². The van der Waals surface area contributed by atoms with Crippen molar-refractivity contribution in [3.8, 4) is 22.5 Å². The maximum atomic E-state index is 12.9. The van der Waals surface area contributed by atoms with Gasteiger partial charge in [0.25, 0.3) is 0 Å². The molecule has 0 unspecified atom stereocenters. The summed E-state index contributed by atoms with van der Waals surface area (Å²) < 4.78 is 11.0. The Morgan fingerprint density at radius 1 is 0.914 bits per heavy atom. The van der Waals surface area contributed by atoms with E-state index >= 15 is 0 Å². The number of rotatable bonds is 7. The summed E-state index contributed by atoms with van der Waals surface area (Å²) in [6, 6.07) is 24.1. The Labute approximate surface area is 225 Å². The van der Waals surface area contributed by atoms with Crippen molar-refractivity contribution >= 4 is 23.4 Å². The van der Waals surface area contributed by atoms with Crippen molar-refractivity contribution in [3.05, 3.63) is 90.1 Å². The number of carboxylic acid groups (broad SMARTS) is 1. The zero-order chi connectivity index (χ0) is 24.1. The van der Waals surface area contributed by atoms with Gasteiger partial charge in [0, 0.05) is 18.0 Å². The second kappa shape index (κ2) is 11.8. The maximum Gasteiger partial charge on any atom is 1.00 e. The number of para-hydroxylation sites is 1. The number of aromatic nitrogens is 1. The molecule has 4 rings (SSSR count). The molecule has 1 heterocycles. The number of hydrogen-bond donors (Lipinski definition) is 0. The fourth-order valence-corrected chi connectivity index (χ4v) is 3.70. The predicted molar refractivity (Wildman–Crippen MR) is 126 cm³/mol. The number of carbonyl (C=O) groups is 2. The van der Waals surface area contributed by atoms with E-state index in [1.807, 2.05) is 66.7 Å². The summed E-state index contributed by atoms with van der Waals surface area (Å²) in [4.78, 5) is 25.2. The molecule has 0 aliphatic heterocycles. The van der Waals surface area contributed by atoms with E-state index in [4.69, 9.17) is 9.26 Å². The first kappa shape index (κ1) is 26.2. The quantitative estimate of drug-likeness (QED) is 0.377. The fraction of sp³-hybridized carbons (Fsp3) is 0.148. The van der Waals surface area contributed by atoms with Crippen LogP contribution in [0.15, 0.2) is 83.4 Å². The number of hydrogen-bond acceptors (Lipinski definition) is 6. The molecule has 8 heteroatoms. The number of carboxylic acids is 1. The molecule has 7 nitrogen and oxygen atoms in total. The van der Waals surface area contributed by atoms with E-state index in [0.717, 1.165) is 16.7 Å². The average Bonchev–Trinajstić information content (AvgIpc) is 3.21. The molecular formula is C27H23N2NaO5. The van der Waals surface area contributed by atoms with Crippen LogP contribution in [-0.4, -0.2) is 23.8 Å². The van der Waals surface area contributed by atoms with Crippen molar-refractivity contribution in [1.29, 1.82) is 0 Å². The van der Waals surface area contributed by atoms with Gasteiger partial charge in [0.2, 0.25) is 0 Å². The topological polar surface area (TPSA) is 95.7 Å². The van der Waals surface area contributed by atoms with Crippen LogP contribution in [0.4, 0.5) is 16.2 Å².